The molecule has 5 heteroatoms. The van der Waals surface area contributed by atoms with Crippen molar-refractivity contribution < 1.29 is 14.4 Å². The van der Waals surface area contributed by atoms with E-state index >= 15 is 0 Å². The molecule has 2 aromatic rings. The zero-order valence-corrected chi connectivity index (χ0v) is 17.9. The highest BCUT2D eigenvalue weighted by molar-refractivity contribution is 6.93. The summed E-state index contributed by atoms with van der Waals surface area (Å²) < 4.78 is 12.6. The summed E-state index contributed by atoms with van der Waals surface area (Å²) in [6.07, 6.45) is 0. The molecule has 0 amide bonds. The number of hydrogen-bond acceptors (Lipinski definition) is 3. The predicted octanol–water partition coefficient (Wildman–Crippen LogP) is 3.90. The molecule has 0 spiro atoms. The molecule has 0 saturated carbocycles. The third-order valence-electron chi connectivity index (χ3n) is 5.51. The second-order valence-corrected chi connectivity index (χ2v) is 14.2. The summed E-state index contributed by atoms with van der Waals surface area (Å²) in [6.45, 7) is 14.9. The van der Waals surface area contributed by atoms with Gasteiger partial charge in [0.2, 0.25) is 0 Å². The first-order chi connectivity index (χ1) is 11.9. The number of aromatic hydroxyl groups is 1. The maximum Gasteiger partial charge on any atom is 0.494 e. The SMILES string of the molecule is CC1(C)OB(c2cc(-c3ccccc3)cc(O)c2[Si](C)(C)C)OC1(C)C. The minimum absolute atomic E-state index is 0.343. The standard InChI is InChI=1S/C21H29BO3Si/c1-20(2)21(3,4)25-22(24-20)17-13-16(15-11-9-8-10-12-15)14-18(23)19(17)26(5,6)7/h8-14,23H,1-7H3. The molecule has 1 saturated heterocycles. The van der Waals surface area contributed by atoms with Crippen LogP contribution >= 0.6 is 0 Å². The summed E-state index contributed by atoms with van der Waals surface area (Å²) in [5.74, 6) is 0.343. The highest BCUT2D eigenvalue weighted by atomic mass is 28.3. The molecule has 0 radical (unpaired) electrons. The smallest absolute Gasteiger partial charge is 0.494 e. The van der Waals surface area contributed by atoms with Gasteiger partial charge in [0, 0.05) is 0 Å². The van der Waals surface area contributed by atoms with Crippen LogP contribution in [-0.4, -0.2) is 31.5 Å². The molecular formula is C21H29BO3Si. The lowest BCUT2D eigenvalue weighted by Crippen LogP contribution is -2.54. The molecule has 1 aliphatic heterocycles. The Morgan fingerprint density at radius 2 is 1.38 bits per heavy atom. The van der Waals surface area contributed by atoms with Crippen molar-refractivity contribution in [3.8, 4) is 16.9 Å². The molecule has 2 aromatic carbocycles. The number of phenols is 1. The Morgan fingerprint density at radius 1 is 0.846 bits per heavy atom. The predicted molar refractivity (Wildman–Crippen MR) is 112 cm³/mol. The fraction of sp³-hybridized carbons (Fsp3) is 0.429. The average molecular weight is 368 g/mol. The number of rotatable bonds is 3. The van der Waals surface area contributed by atoms with Crippen LogP contribution in [0.15, 0.2) is 42.5 Å². The molecule has 138 valence electrons. The number of phenolic OH excluding ortho intramolecular Hbond substituents is 1. The van der Waals surface area contributed by atoms with Crippen LogP contribution in [0, 0.1) is 0 Å². The second kappa shape index (κ2) is 6.26. The zero-order valence-electron chi connectivity index (χ0n) is 16.9. The highest BCUT2D eigenvalue weighted by Gasteiger charge is 2.53. The van der Waals surface area contributed by atoms with Crippen LogP contribution in [0.2, 0.25) is 19.6 Å². The highest BCUT2D eigenvalue weighted by Crippen LogP contribution is 2.37. The Morgan fingerprint density at radius 3 is 1.88 bits per heavy atom. The summed E-state index contributed by atoms with van der Waals surface area (Å²) in [4.78, 5) is 0. The van der Waals surface area contributed by atoms with E-state index in [1.165, 1.54) is 0 Å². The molecule has 1 aliphatic rings. The molecular weight excluding hydrogens is 339 g/mol. The van der Waals surface area contributed by atoms with Gasteiger partial charge in [-0.25, -0.2) is 0 Å². The zero-order chi connectivity index (χ0) is 19.3. The van der Waals surface area contributed by atoms with Crippen molar-refractivity contribution >= 4 is 25.8 Å². The van der Waals surface area contributed by atoms with E-state index in [0.29, 0.717) is 5.75 Å². The fourth-order valence-electron chi connectivity index (χ4n) is 3.42. The summed E-state index contributed by atoms with van der Waals surface area (Å²) in [7, 11) is -2.29. The molecule has 1 heterocycles. The maximum atomic E-state index is 10.9. The molecule has 3 rings (SSSR count). The Bertz CT molecular complexity index is 794. The molecule has 0 bridgehead atoms. The van der Waals surface area contributed by atoms with Crippen molar-refractivity contribution in [1.82, 2.24) is 0 Å². The first-order valence-electron chi connectivity index (χ1n) is 9.21. The van der Waals surface area contributed by atoms with Gasteiger partial charge in [-0.2, -0.15) is 0 Å². The van der Waals surface area contributed by atoms with Gasteiger partial charge in [-0.05, 0) is 55.5 Å². The monoisotopic (exact) mass is 368 g/mol. The van der Waals surface area contributed by atoms with E-state index in [9.17, 15) is 5.11 Å². The van der Waals surface area contributed by atoms with Gasteiger partial charge in [0.15, 0.2) is 0 Å². The minimum Gasteiger partial charge on any atom is -0.508 e. The quantitative estimate of drug-likeness (QED) is 0.835. The van der Waals surface area contributed by atoms with E-state index in [4.69, 9.17) is 9.31 Å². The van der Waals surface area contributed by atoms with Gasteiger partial charge in [0.1, 0.15) is 5.75 Å². The van der Waals surface area contributed by atoms with E-state index in [0.717, 1.165) is 21.8 Å². The largest absolute Gasteiger partial charge is 0.508 e. The van der Waals surface area contributed by atoms with Crippen molar-refractivity contribution in [3.63, 3.8) is 0 Å². The van der Waals surface area contributed by atoms with Crippen molar-refractivity contribution in [2.75, 3.05) is 0 Å². The molecule has 1 N–H and O–H groups in total. The second-order valence-electron chi connectivity index (χ2n) is 9.16. The molecule has 0 atom stereocenters. The molecule has 26 heavy (non-hydrogen) atoms. The molecule has 0 aromatic heterocycles. The Hall–Kier alpha value is -1.56. The molecule has 1 fully saturated rings. The van der Waals surface area contributed by atoms with E-state index < -0.39 is 26.4 Å². The van der Waals surface area contributed by atoms with Crippen molar-refractivity contribution in [2.45, 2.75) is 58.5 Å². The van der Waals surface area contributed by atoms with Crippen LogP contribution in [-0.2, 0) is 9.31 Å². The van der Waals surface area contributed by atoms with E-state index in [-0.39, 0.29) is 0 Å². The van der Waals surface area contributed by atoms with Crippen molar-refractivity contribution in [1.29, 1.82) is 0 Å². The van der Waals surface area contributed by atoms with E-state index in [1.54, 1.807) is 0 Å². The normalized spacial score (nSPS) is 19.0. The lowest BCUT2D eigenvalue weighted by atomic mass is 9.77. The average Bonchev–Trinajstić information content (AvgIpc) is 2.74. The van der Waals surface area contributed by atoms with Gasteiger partial charge in [-0.1, -0.05) is 56.0 Å². The van der Waals surface area contributed by atoms with Gasteiger partial charge in [-0.15, -0.1) is 0 Å². The maximum absolute atomic E-state index is 10.9. The molecule has 0 aliphatic carbocycles. The first kappa shape index (κ1) is 19.2. The summed E-state index contributed by atoms with van der Waals surface area (Å²) >= 11 is 0. The van der Waals surface area contributed by atoms with Crippen molar-refractivity contribution in [3.05, 3.63) is 42.5 Å². The van der Waals surface area contributed by atoms with Gasteiger partial charge in [0.25, 0.3) is 0 Å². The summed E-state index contributed by atoms with van der Waals surface area (Å²) in [5, 5.41) is 11.9. The molecule has 3 nitrogen and oxygen atoms in total. The van der Waals surface area contributed by atoms with E-state index in [1.807, 2.05) is 24.3 Å². The van der Waals surface area contributed by atoms with Gasteiger partial charge >= 0.3 is 7.12 Å². The van der Waals surface area contributed by atoms with Crippen LogP contribution in [0.1, 0.15) is 27.7 Å². The Kier molecular flexibility index (Phi) is 4.62. The van der Waals surface area contributed by atoms with Gasteiger partial charge < -0.3 is 14.4 Å². The third-order valence-corrected chi connectivity index (χ3v) is 7.56. The topological polar surface area (TPSA) is 38.7 Å². The van der Waals surface area contributed by atoms with Crippen LogP contribution in [0.4, 0.5) is 0 Å². The Balaban J connectivity index is 2.18. The van der Waals surface area contributed by atoms with Gasteiger partial charge in [0.05, 0.1) is 19.3 Å². The number of hydrogen-bond donors (Lipinski definition) is 1. The minimum atomic E-state index is -1.82. The lowest BCUT2D eigenvalue weighted by Gasteiger charge is -2.32. The first-order valence-corrected chi connectivity index (χ1v) is 12.7. The Labute approximate surface area is 158 Å². The third kappa shape index (κ3) is 3.36. The molecule has 0 unspecified atom stereocenters. The number of benzene rings is 2. The van der Waals surface area contributed by atoms with Crippen molar-refractivity contribution in [2.24, 2.45) is 0 Å². The van der Waals surface area contributed by atoms with Crippen LogP contribution in [0.3, 0.4) is 0 Å². The van der Waals surface area contributed by atoms with E-state index in [2.05, 4.69) is 65.5 Å². The van der Waals surface area contributed by atoms with Crippen LogP contribution < -0.4 is 10.6 Å². The van der Waals surface area contributed by atoms with Gasteiger partial charge in [-0.3, -0.25) is 0 Å². The summed E-state index contributed by atoms with van der Waals surface area (Å²) in [6, 6.07) is 14.1. The van der Waals surface area contributed by atoms with Crippen LogP contribution in [0.25, 0.3) is 11.1 Å². The lowest BCUT2D eigenvalue weighted by molar-refractivity contribution is 0.00578. The summed E-state index contributed by atoms with van der Waals surface area (Å²) in [5.41, 5.74) is 2.19. The fourth-order valence-corrected chi connectivity index (χ4v) is 5.32. The van der Waals surface area contributed by atoms with Crippen LogP contribution in [0.5, 0.6) is 5.75 Å².